The number of likely N-dealkylation sites (tertiary alicyclic amines) is 1. The third-order valence-electron chi connectivity index (χ3n) is 3.96. The molecule has 1 heterocycles. The van der Waals surface area contributed by atoms with Gasteiger partial charge >= 0.3 is 0 Å². The number of hydrogen-bond acceptors (Lipinski definition) is 4. The van der Waals surface area contributed by atoms with E-state index in [1.54, 1.807) is 47.4 Å². The van der Waals surface area contributed by atoms with E-state index in [2.05, 4.69) is 4.72 Å². The number of hydrogen-bond donors (Lipinski definition) is 1. The summed E-state index contributed by atoms with van der Waals surface area (Å²) in [5.74, 6) is 0.397. The van der Waals surface area contributed by atoms with E-state index >= 15 is 0 Å². The fourth-order valence-corrected chi connectivity index (χ4v) is 3.74. The summed E-state index contributed by atoms with van der Waals surface area (Å²) in [4.78, 5) is 14.0. The standard InChI is InChI=1S/C18H20N2O4S/c21-18(20-11-4-5-12-20)14-24-16-8-6-7-15(13-16)19-25(22,23)17-9-2-1-3-10-17/h1-3,6-10,13,19H,4-5,11-12,14H2. The number of ether oxygens (including phenoxy) is 1. The molecule has 3 rings (SSSR count). The zero-order valence-corrected chi connectivity index (χ0v) is 14.5. The monoisotopic (exact) mass is 360 g/mol. The Morgan fingerprint density at radius 1 is 1.04 bits per heavy atom. The molecule has 1 fully saturated rings. The van der Waals surface area contributed by atoms with E-state index in [1.807, 2.05) is 0 Å². The van der Waals surface area contributed by atoms with E-state index in [9.17, 15) is 13.2 Å². The van der Waals surface area contributed by atoms with Crippen LogP contribution < -0.4 is 9.46 Å². The van der Waals surface area contributed by atoms with Crippen molar-refractivity contribution in [1.29, 1.82) is 0 Å². The summed E-state index contributed by atoms with van der Waals surface area (Å²) in [6, 6.07) is 14.7. The van der Waals surface area contributed by atoms with Crippen LogP contribution in [0.15, 0.2) is 59.5 Å². The molecule has 7 heteroatoms. The van der Waals surface area contributed by atoms with E-state index in [4.69, 9.17) is 4.74 Å². The van der Waals surface area contributed by atoms with Crippen LogP contribution in [0.4, 0.5) is 5.69 Å². The Morgan fingerprint density at radius 3 is 2.48 bits per heavy atom. The summed E-state index contributed by atoms with van der Waals surface area (Å²) < 4.78 is 32.7. The molecule has 0 spiro atoms. The summed E-state index contributed by atoms with van der Waals surface area (Å²) in [6.45, 7) is 1.51. The predicted octanol–water partition coefficient (Wildman–Crippen LogP) is 2.49. The van der Waals surface area contributed by atoms with Gasteiger partial charge in [-0.1, -0.05) is 24.3 Å². The molecule has 1 aliphatic heterocycles. The molecule has 0 aliphatic carbocycles. The molecule has 1 saturated heterocycles. The average molecular weight is 360 g/mol. The van der Waals surface area contributed by atoms with Crippen molar-refractivity contribution in [3.8, 4) is 5.75 Å². The number of nitrogens with one attached hydrogen (secondary N) is 1. The number of anilines is 1. The first kappa shape index (κ1) is 17.3. The smallest absolute Gasteiger partial charge is 0.261 e. The van der Waals surface area contributed by atoms with Gasteiger partial charge < -0.3 is 9.64 Å². The van der Waals surface area contributed by atoms with Crippen molar-refractivity contribution < 1.29 is 17.9 Å². The second-order valence-electron chi connectivity index (χ2n) is 5.82. The van der Waals surface area contributed by atoms with Gasteiger partial charge in [-0.3, -0.25) is 9.52 Å². The number of rotatable bonds is 6. The van der Waals surface area contributed by atoms with Crippen LogP contribution in [0.5, 0.6) is 5.75 Å². The second-order valence-corrected chi connectivity index (χ2v) is 7.51. The maximum atomic E-state index is 12.3. The summed E-state index contributed by atoms with van der Waals surface area (Å²) in [5, 5.41) is 0. The normalized spacial score (nSPS) is 14.3. The minimum Gasteiger partial charge on any atom is -0.484 e. The fourth-order valence-electron chi connectivity index (χ4n) is 2.67. The van der Waals surface area contributed by atoms with Crippen LogP contribution in [0.1, 0.15) is 12.8 Å². The molecule has 1 aliphatic rings. The minimum atomic E-state index is -3.66. The number of sulfonamides is 1. The Kier molecular flexibility index (Phi) is 5.23. The first-order valence-electron chi connectivity index (χ1n) is 8.13. The Bertz CT molecular complexity index is 831. The molecule has 132 valence electrons. The van der Waals surface area contributed by atoms with E-state index in [0.29, 0.717) is 11.4 Å². The molecule has 2 aromatic carbocycles. The van der Waals surface area contributed by atoms with E-state index in [1.165, 1.54) is 12.1 Å². The van der Waals surface area contributed by atoms with Gasteiger partial charge in [0.25, 0.3) is 15.9 Å². The fraction of sp³-hybridized carbons (Fsp3) is 0.278. The number of carbonyl (C=O) groups excluding carboxylic acids is 1. The Hall–Kier alpha value is -2.54. The lowest BCUT2D eigenvalue weighted by Crippen LogP contribution is -2.32. The lowest BCUT2D eigenvalue weighted by Gasteiger charge is -2.16. The van der Waals surface area contributed by atoms with E-state index in [0.717, 1.165) is 25.9 Å². The largest absolute Gasteiger partial charge is 0.484 e. The molecule has 0 saturated carbocycles. The Morgan fingerprint density at radius 2 is 1.76 bits per heavy atom. The molecule has 0 unspecified atom stereocenters. The molecular formula is C18H20N2O4S. The lowest BCUT2D eigenvalue weighted by atomic mass is 10.3. The molecule has 2 aromatic rings. The lowest BCUT2D eigenvalue weighted by molar-refractivity contribution is -0.132. The summed E-state index contributed by atoms with van der Waals surface area (Å²) >= 11 is 0. The third-order valence-corrected chi connectivity index (χ3v) is 5.36. The number of nitrogens with zero attached hydrogens (tertiary/aromatic N) is 1. The predicted molar refractivity (Wildman–Crippen MR) is 95.0 cm³/mol. The summed E-state index contributed by atoms with van der Waals surface area (Å²) in [7, 11) is -3.66. The highest BCUT2D eigenvalue weighted by molar-refractivity contribution is 7.92. The van der Waals surface area contributed by atoms with Gasteiger partial charge in [0.2, 0.25) is 0 Å². The van der Waals surface area contributed by atoms with Gasteiger partial charge in [-0.2, -0.15) is 0 Å². The molecule has 0 atom stereocenters. The SMILES string of the molecule is O=C(COc1cccc(NS(=O)(=O)c2ccccc2)c1)N1CCCC1. The molecule has 0 aromatic heterocycles. The highest BCUT2D eigenvalue weighted by Crippen LogP contribution is 2.21. The number of benzene rings is 2. The van der Waals surface area contributed by atoms with Gasteiger partial charge in [0.15, 0.2) is 6.61 Å². The first-order chi connectivity index (χ1) is 12.0. The average Bonchev–Trinajstić information content (AvgIpc) is 3.15. The number of amides is 1. The highest BCUT2D eigenvalue weighted by Gasteiger charge is 2.18. The van der Waals surface area contributed by atoms with Crippen molar-refractivity contribution in [2.24, 2.45) is 0 Å². The van der Waals surface area contributed by atoms with Gasteiger partial charge in [0.05, 0.1) is 10.6 Å². The van der Waals surface area contributed by atoms with Crippen molar-refractivity contribution in [2.45, 2.75) is 17.7 Å². The van der Waals surface area contributed by atoms with Crippen LogP contribution >= 0.6 is 0 Å². The molecule has 1 amide bonds. The van der Waals surface area contributed by atoms with Gasteiger partial charge in [0, 0.05) is 19.2 Å². The zero-order valence-electron chi connectivity index (χ0n) is 13.7. The molecular weight excluding hydrogens is 340 g/mol. The van der Waals surface area contributed by atoms with Gasteiger partial charge in [-0.05, 0) is 37.1 Å². The molecule has 0 bridgehead atoms. The van der Waals surface area contributed by atoms with Gasteiger partial charge in [0.1, 0.15) is 5.75 Å². The first-order valence-corrected chi connectivity index (χ1v) is 9.61. The van der Waals surface area contributed by atoms with Crippen LogP contribution in [0.2, 0.25) is 0 Å². The van der Waals surface area contributed by atoms with Gasteiger partial charge in [-0.15, -0.1) is 0 Å². The van der Waals surface area contributed by atoms with E-state index in [-0.39, 0.29) is 17.4 Å². The van der Waals surface area contributed by atoms with Crippen LogP contribution in [-0.2, 0) is 14.8 Å². The van der Waals surface area contributed by atoms with Crippen LogP contribution in [0.25, 0.3) is 0 Å². The number of carbonyl (C=O) groups is 1. The van der Waals surface area contributed by atoms with Crippen LogP contribution in [0.3, 0.4) is 0 Å². The van der Waals surface area contributed by atoms with Gasteiger partial charge in [-0.25, -0.2) is 8.42 Å². The van der Waals surface area contributed by atoms with Crippen molar-refractivity contribution in [3.05, 3.63) is 54.6 Å². The zero-order chi connectivity index (χ0) is 17.7. The van der Waals surface area contributed by atoms with E-state index < -0.39 is 10.0 Å². The Labute approximate surface area is 147 Å². The van der Waals surface area contributed by atoms with Crippen molar-refractivity contribution in [3.63, 3.8) is 0 Å². The van der Waals surface area contributed by atoms with Crippen LogP contribution in [-0.4, -0.2) is 38.9 Å². The molecule has 0 radical (unpaired) electrons. The van der Waals surface area contributed by atoms with Crippen molar-refractivity contribution in [2.75, 3.05) is 24.4 Å². The molecule has 1 N–H and O–H groups in total. The van der Waals surface area contributed by atoms with Crippen molar-refractivity contribution >= 4 is 21.6 Å². The third kappa shape index (κ3) is 4.51. The maximum absolute atomic E-state index is 12.3. The quantitative estimate of drug-likeness (QED) is 0.859. The summed E-state index contributed by atoms with van der Waals surface area (Å²) in [5.41, 5.74) is 0.384. The Balaban J connectivity index is 1.64. The molecule has 25 heavy (non-hydrogen) atoms. The maximum Gasteiger partial charge on any atom is 0.261 e. The second kappa shape index (κ2) is 7.57. The summed E-state index contributed by atoms with van der Waals surface area (Å²) in [6.07, 6.45) is 2.06. The van der Waals surface area contributed by atoms with Crippen LogP contribution in [0, 0.1) is 0 Å². The molecule has 6 nitrogen and oxygen atoms in total. The van der Waals surface area contributed by atoms with Crippen molar-refractivity contribution in [1.82, 2.24) is 4.90 Å². The highest BCUT2D eigenvalue weighted by atomic mass is 32.2. The topological polar surface area (TPSA) is 75.7 Å². The minimum absolute atomic E-state index is 0.0467.